The highest BCUT2D eigenvalue weighted by atomic mass is 16.5. The van der Waals surface area contributed by atoms with E-state index in [1.807, 2.05) is 0 Å². The topological polar surface area (TPSA) is 50.7 Å². The minimum absolute atomic E-state index is 0.170. The van der Waals surface area contributed by atoms with Crippen LogP contribution < -0.4 is 10.2 Å². The minimum atomic E-state index is -0.170. The van der Waals surface area contributed by atoms with Crippen LogP contribution in [0.4, 0.5) is 0 Å². The summed E-state index contributed by atoms with van der Waals surface area (Å²) in [6, 6.07) is 7.01. The van der Waals surface area contributed by atoms with Gasteiger partial charge < -0.3 is 4.74 Å². The maximum Gasteiger partial charge on any atom is 0.271 e. The van der Waals surface area contributed by atoms with Crippen LogP contribution in [0.5, 0.6) is 5.75 Å². The zero-order valence-electron chi connectivity index (χ0n) is 11.5. The Morgan fingerprint density at radius 1 is 1.42 bits per heavy atom. The van der Waals surface area contributed by atoms with Gasteiger partial charge in [0.2, 0.25) is 0 Å². The number of benzene rings is 1. The van der Waals surface area contributed by atoms with E-state index in [0.717, 1.165) is 24.3 Å². The van der Waals surface area contributed by atoms with Crippen molar-refractivity contribution in [3.8, 4) is 5.75 Å². The quantitative estimate of drug-likeness (QED) is 0.846. The van der Waals surface area contributed by atoms with Crippen molar-refractivity contribution in [1.82, 2.24) is 5.43 Å². The third-order valence-corrected chi connectivity index (χ3v) is 3.60. The largest absolute Gasteiger partial charge is 0.497 e. The Labute approximate surface area is 113 Å². The molecule has 0 heterocycles. The molecule has 19 heavy (non-hydrogen) atoms. The van der Waals surface area contributed by atoms with E-state index >= 15 is 0 Å². The summed E-state index contributed by atoms with van der Waals surface area (Å²) in [7, 11) is 1.60. The summed E-state index contributed by atoms with van der Waals surface area (Å²) in [4.78, 5) is 11.9. The lowest BCUT2D eigenvalue weighted by molar-refractivity contribution is 0.0954. The number of hydrogen-bond acceptors (Lipinski definition) is 3. The first kappa shape index (κ1) is 13.6. The Morgan fingerprint density at radius 3 is 2.79 bits per heavy atom. The Hall–Kier alpha value is -1.84. The lowest BCUT2D eigenvalue weighted by atomic mass is 10.0. The van der Waals surface area contributed by atoms with Crippen LogP contribution in [0.15, 0.2) is 29.4 Å². The molecule has 102 valence electrons. The molecule has 0 saturated heterocycles. The lowest BCUT2D eigenvalue weighted by Gasteiger charge is -2.08. The van der Waals surface area contributed by atoms with E-state index in [-0.39, 0.29) is 5.91 Å². The Kier molecular flexibility index (Phi) is 4.55. The van der Waals surface area contributed by atoms with E-state index in [1.165, 1.54) is 12.8 Å². The average molecular weight is 260 g/mol. The summed E-state index contributed by atoms with van der Waals surface area (Å²) in [6.07, 6.45) is 4.46. The van der Waals surface area contributed by atoms with Gasteiger partial charge in [-0.25, -0.2) is 5.43 Å². The molecule has 0 radical (unpaired) electrons. The third-order valence-electron chi connectivity index (χ3n) is 3.60. The van der Waals surface area contributed by atoms with Crippen molar-refractivity contribution in [2.45, 2.75) is 32.6 Å². The molecule has 1 unspecified atom stereocenters. The monoisotopic (exact) mass is 260 g/mol. The first-order valence-electron chi connectivity index (χ1n) is 6.75. The molecule has 0 bridgehead atoms. The summed E-state index contributed by atoms with van der Waals surface area (Å²) in [5.41, 5.74) is 4.37. The van der Waals surface area contributed by atoms with E-state index in [4.69, 9.17) is 4.74 Å². The van der Waals surface area contributed by atoms with E-state index in [0.29, 0.717) is 11.5 Å². The summed E-state index contributed by atoms with van der Waals surface area (Å²) in [5, 5.41) is 4.28. The average Bonchev–Trinajstić information content (AvgIpc) is 2.92. The van der Waals surface area contributed by atoms with Crippen LogP contribution in [0, 0.1) is 5.92 Å². The zero-order valence-corrected chi connectivity index (χ0v) is 11.5. The summed E-state index contributed by atoms with van der Waals surface area (Å²) in [6.45, 7) is 2.16. The number of amides is 1. The van der Waals surface area contributed by atoms with Crippen molar-refractivity contribution < 1.29 is 9.53 Å². The summed E-state index contributed by atoms with van der Waals surface area (Å²) >= 11 is 0. The minimum Gasteiger partial charge on any atom is -0.497 e. The molecule has 0 spiro atoms. The molecule has 1 aromatic rings. The molecule has 1 saturated carbocycles. The van der Waals surface area contributed by atoms with E-state index in [2.05, 4.69) is 17.5 Å². The second-order valence-electron chi connectivity index (χ2n) is 4.77. The highest BCUT2D eigenvalue weighted by molar-refractivity contribution is 5.96. The Morgan fingerprint density at radius 2 is 2.16 bits per heavy atom. The summed E-state index contributed by atoms with van der Waals surface area (Å²) in [5.74, 6) is 1.11. The standard InChI is InChI=1S/C15H20N2O2/c1-3-11-5-4-6-14(11)16-17-15(18)12-7-9-13(19-2)10-8-12/h7-11H,3-6H2,1-2H3,(H,17,18)/b16-14+. The van der Waals surface area contributed by atoms with Crippen LogP contribution in [0.2, 0.25) is 0 Å². The fourth-order valence-electron chi connectivity index (χ4n) is 2.42. The number of hydrazone groups is 1. The SMILES string of the molecule is CCC1CCC/C1=N\NC(=O)c1ccc(OC)cc1. The lowest BCUT2D eigenvalue weighted by Crippen LogP contribution is -2.20. The fourth-order valence-corrected chi connectivity index (χ4v) is 2.42. The van der Waals surface area contributed by atoms with Crippen molar-refractivity contribution in [2.24, 2.45) is 11.0 Å². The molecular weight excluding hydrogens is 240 g/mol. The maximum absolute atomic E-state index is 11.9. The number of rotatable bonds is 4. The van der Waals surface area contributed by atoms with Gasteiger partial charge in [-0.1, -0.05) is 6.92 Å². The number of ether oxygens (including phenoxy) is 1. The van der Waals surface area contributed by atoms with Crippen molar-refractivity contribution >= 4 is 11.6 Å². The van der Waals surface area contributed by atoms with Gasteiger partial charge in [-0.3, -0.25) is 4.79 Å². The van der Waals surface area contributed by atoms with Crippen LogP contribution >= 0.6 is 0 Å². The molecule has 2 rings (SSSR count). The molecule has 1 atom stereocenters. The normalized spacial score (nSPS) is 20.5. The second kappa shape index (κ2) is 6.36. The number of nitrogens with zero attached hydrogens (tertiary/aromatic N) is 1. The first-order chi connectivity index (χ1) is 9.24. The van der Waals surface area contributed by atoms with Crippen molar-refractivity contribution in [3.05, 3.63) is 29.8 Å². The summed E-state index contributed by atoms with van der Waals surface area (Å²) < 4.78 is 5.06. The molecule has 1 amide bonds. The van der Waals surface area contributed by atoms with Gasteiger partial charge in [0.15, 0.2) is 0 Å². The smallest absolute Gasteiger partial charge is 0.271 e. The zero-order chi connectivity index (χ0) is 13.7. The maximum atomic E-state index is 11.9. The van der Waals surface area contributed by atoms with Gasteiger partial charge in [0, 0.05) is 11.3 Å². The Balaban J connectivity index is 1.98. The van der Waals surface area contributed by atoms with Gasteiger partial charge in [-0.15, -0.1) is 0 Å². The molecular formula is C15H20N2O2. The number of carbonyl (C=O) groups excluding carboxylic acids is 1. The van der Waals surface area contributed by atoms with Crippen LogP contribution in [0.1, 0.15) is 43.0 Å². The molecule has 0 aliphatic heterocycles. The van der Waals surface area contributed by atoms with Crippen LogP contribution in [0.3, 0.4) is 0 Å². The Bertz CT molecular complexity index is 466. The highest BCUT2D eigenvalue weighted by Crippen LogP contribution is 2.24. The molecule has 4 nitrogen and oxygen atoms in total. The molecule has 1 N–H and O–H groups in total. The highest BCUT2D eigenvalue weighted by Gasteiger charge is 2.21. The molecule has 1 aromatic carbocycles. The van der Waals surface area contributed by atoms with E-state index in [1.54, 1.807) is 31.4 Å². The van der Waals surface area contributed by atoms with Gasteiger partial charge in [0.25, 0.3) is 5.91 Å². The predicted octanol–water partition coefficient (Wildman–Crippen LogP) is 2.99. The fraction of sp³-hybridized carbons (Fsp3) is 0.467. The number of methoxy groups -OCH3 is 1. The molecule has 1 aliphatic carbocycles. The second-order valence-corrected chi connectivity index (χ2v) is 4.77. The third kappa shape index (κ3) is 3.34. The van der Waals surface area contributed by atoms with Crippen molar-refractivity contribution in [1.29, 1.82) is 0 Å². The van der Waals surface area contributed by atoms with Gasteiger partial charge in [-0.2, -0.15) is 5.10 Å². The van der Waals surface area contributed by atoms with Crippen molar-refractivity contribution in [2.75, 3.05) is 7.11 Å². The number of hydrogen-bond donors (Lipinski definition) is 1. The molecule has 0 aromatic heterocycles. The molecule has 1 aliphatic rings. The van der Waals surface area contributed by atoms with Crippen LogP contribution in [0.25, 0.3) is 0 Å². The van der Waals surface area contributed by atoms with E-state index in [9.17, 15) is 4.79 Å². The number of nitrogens with one attached hydrogen (secondary N) is 1. The molecule has 1 fully saturated rings. The van der Waals surface area contributed by atoms with Crippen molar-refractivity contribution in [3.63, 3.8) is 0 Å². The van der Waals surface area contributed by atoms with E-state index < -0.39 is 0 Å². The van der Waals surface area contributed by atoms with Gasteiger partial charge in [-0.05, 0) is 55.9 Å². The number of carbonyl (C=O) groups is 1. The predicted molar refractivity (Wildman–Crippen MR) is 75.5 cm³/mol. The van der Waals surface area contributed by atoms with Crippen LogP contribution in [-0.4, -0.2) is 18.7 Å². The van der Waals surface area contributed by atoms with Gasteiger partial charge in [0.1, 0.15) is 5.75 Å². The molecule has 4 heteroatoms. The first-order valence-corrected chi connectivity index (χ1v) is 6.75. The van der Waals surface area contributed by atoms with Gasteiger partial charge >= 0.3 is 0 Å². The van der Waals surface area contributed by atoms with Gasteiger partial charge in [0.05, 0.1) is 7.11 Å². The van der Waals surface area contributed by atoms with Crippen LogP contribution in [-0.2, 0) is 0 Å².